The van der Waals surface area contributed by atoms with Crippen molar-refractivity contribution in [3.05, 3.63) is 29.8 Å². The second kappa shape index (κ2) is 5.66. The van der Waals surface area contributed by atoms with Crippen molar-refractivity contribution in [1.82, 2.24) is 5.32 Å². The summed E-state index contributed by atoms with van der Waals surface area (Å²) in [5, 5.41) is 3.19. The van der Waals surface area contributed by atoms with Gasteiger partial charge in [-0.2, -0.15) is 0 Å². The van der Waals surface area contributed by atoms with Crippen molar-refractivity contribution in [3.8, 4) is 0 Å². The van der Waals surface area contributed by atoms with E-state index >= 15 is 0 Å². The fraction of sp³-hybridized carbons (Fsp3) is 0.625. The first-order chi connectivity index (χ1) is 8.85. The average molecular weight is 261 g/mol. The molecule has 1 aromatic carbocycles. The molecule has 3 unspecified atom stereocenters. The van der Waals surface area contributed by atoms with Crippen LogP contribution < -0.4 is 5.32 Å². The molecule has 2 bridgehead atoms. The molecule has 1 aromatic rings. The number of hydrogen-bond acceptors (Lipinski definition) is 2. The molecule has 1 nitrogen and oxygen atoms in total. The molecule has 98 valence electrons. The van der Waals surface area contributed by atoms with Crippen LogP contribution in [-0.4, -0.2) is 12.8 Å². The van der Waals surface area contributed by atoms with Crippen LogP contribution in [0.2, 0.25) is 0 Å². The molecule has 2 heteroatoms. The van der Waals surface area contributed by atoms with Crippen LogP contribution in [0.15, 0.2) is 29.2 Å². The first kappa shape index (κ1) is 12.6. The van der Waals surface area contributed by atoms with Crippen molar-refractivity contribution < 1.29 is 0 Å². The quantitative estimate of drug-likeness (QED) is 0.806. The number of nitrogens with one attached hydrogen (secondary N) is 1. The van der Waals surface area contributed by atoms with E-state index in [1.54, 1.807) is 0 Å². The Bertz CT molecular complexity index is 387. The van der Waals surface area contributed by atoms with Gasteiger partial charge in [-0.15, -0.1) is 11.8 Å². The fourth-order valence-corrected chi connectivity index (χ4v) is 4.83. The highest BCUT2D eigenvalue weighted by atomic mass is 32.2. The summed E-state index contributed by atoms with van der Waals surface area (Å²) in [6.45, 7) is 0.970. The third kappa shape index (κ3) is 2.75. The maximum absolute atomic E-state index is 3.19. The number of thioether (sulfide) groups is 1. The molecule has 0 spiro atoms. The maximum atomic E-state index is 3.19. The van der Waals surface area contributed by atoms with Gasteiger partial charge in [0.2, 0.25) is 0 Å². The van der Waals surface area contributed by atoms with E-state index in [2.05, 4.69) is 41.3 Å². The minimum absolute atomic E-state index is 0.970. The van der Waals surface area contributed by atoms with E-state index in [1.807, 2.05) is 7.05 Å². The van der Waals surface area contributed by atoms with Gasteiger partial charge in [-0.1, -0.05) is 18.6 Å². The van der Waals surface area contributed by atoms with Gasteiger partial charge in [0.25, 0.3) is 0 Å². The van der Waals surface area contributed by atoms with Gasteiger partial charge < -0.3 is 5.32 Å². The van der Waals surface area contributed by atoms with Gasteiger partial charge in [-0.25, -0.2) is 0 Å². The van der Waals surface area contributed by atoms with Crippen LogP contribution in [0, 0.1) is 17.8 Å². The van der Waals surface area contributed by atoms with Crippen molar-refractivity contribution in [2.75, 3.05) is 12.8 Å². The second-order valence-corrected chi connectivity index (χ2v) is 7.01. The SMILES string of the molecule is CNCc1ccc(SCC2CC3CCC2C3)cc1. The van der Waals surface area contributed by atoms with Crippen LogP contribution in [0.1, 0.15) is 31.2 Å². The van der Waals surface area contributed by atoms with E-state index < -0.39 is 0 Å². The lowest BCUT2D eigenvalue weighted by atomic mass is 9.90. The molecule has 2 saturated carbocycles. The molecule has 0 aromatic heterocycles. The molecule has 0 saturated heterocycles. The summed E-state index contributed by atoms with van der Waals surface area (Å²) in [5.41, 5.74) is 1.38. The molecule has 2 aliphatic rings. The Balaban J connectivity index is 1.50. The maximum Gasteiger partial charge on any atom is 0.0202 e. The zero-order valence-corrected chi connectivity index (χ0v) is 12.0. The number of fused-ring (bicyclic) bond motifs is 2. The lowest BCUT2D eigenvalue weighted by Crippen LogP contribution is -2.12. The zero-order chi connectivity index (χ0) is 12.4. The highest BCUT2D eigenvalue weighted by molar-refractivity contribution is 7.99. The van der Waals surface area contributed by atoms with Gasteiger partial charge in [0, 0.05) is 17.2 Å². The molecule has 0 radical (unpaired) electrons. The number of hydrogen-bond donors (Lipinski definition) is 1. The summed E-state index contributed by atoms with van der Waals surface area (Å²) >= 11 is 2.06. The molecule has 0 heterocycles. The molecule has 3 atom stereocenters. The monoisotopic (exact) mass is 261 g/mol. The molecule has 3 rings (SSSR count). The smallest absolute Gasteiger partial charge is 0.0202 e. The highest BCUT2D eigenvalue weighted by Crippen LogP contribution is 2.49. The molecule has 2 fully saturated rings. The van der Waals surface area contributed by atoms with Gasteiger partial charge in [0.05, 0.1) is 0 Å². The van der Waals surface area contributed by atoms with Gasteiger partial charge in [0.15, 0.2) is 0 Å². The molecular weight excluding hydrogens is 238 g/mol. The van der Waals surface area contributed by atoms with Crippen molar-refractivity contribution in [3.63, 3.8) is 0 Å². The molecule has 0 aliphatic heterocycles. The summed E-state index contributed by atoms with van der Waals surface area (Å²) in [6, 6.07) is 9.06. The Kier molecular flexibility index (Phi) is 3.95. The number of rotatable bonds is 5. The Morgan fingerprint density at radius 1 is 1.17 bits per heavy atom. The molecular formula is C16H23NS. The van der Waals surface area contributed by atoms with Gasteiger partial charge in [-0.05, 0) is 61.8 Å². The second-order valence-electron chi connectivity index (χ2n) is 5.92. The summed E-state index contributed by atoms with van der Waals surface area (Å²) in [6.07, 6.45) is 6.07. The van der Waals surface area contributed by atoms with Crippen LogP contribution >= 0.6 is 11.8 Å². The van der Waals surface area contributed by atoms with Crippen LogP contribution in [0.5, 0.6) is 0 Å². The minimum atomic E-state index is 0.970. The third-order valence-corrected chi connectivity index (χ3v) is 5.85. The van der Waals surface area contributed by atoms with Crippen molar-refractivity contribution in [1.29, 1.82) is 0 Å². The lowest BCUT2D eigenvalue weighted by molar-refractivity contribution is 0.365. The Hall–Kier alpha value is -0.470. The Labute approximate surface area is 115 Å². The van der Waals surface area contributed by atoms with E-state index in [9.17, 15) is 0 Å². The van der Waals surface area contributed by atoms with Gasteiger partial charge in [-0.3, -0.25) is 0 Å². The Morgan fingerprint density at radius 2 is 2.00 bits per heavy atom. The third-order valence-electron chi connectivity index (χ3n) is 4.65. The van der Waals surface area contributed by atoms with Crippen LogP contribution in [-0.2, 0) is 6.54 Å². The fourth-order valence-electron chi connectivity index (χ4n) is 3.69. The zero-order valence-electron chi connectivity index (χ0n) is 11.2. The van der Waals surface area contributed by atoms with Crippen LogP contribution in [0.3, 0.4) is 0 Å². The van der Waals surface area contributed by atoms with Gasteiger partial charge in [0.1, 0.15) is 0 Å². The van der Waals surface area contributed by atoms with E-state index in [0.29, 0.717) is 0 Å². The van der Waals surface area contributed by atoms with E-state index in [1.165, 1.54) is 41.9 Å². The summed E-state index contributed by atoms with van der Waals surface area (Å²) in [7, 11) is 2.00. The summed E-state index contributed by atoms with van der Waals surface area (Å²) in [4.78, 5) is 1.44. The predicted molar refractivity (Wildman–Crippen MR) is 78.9 cm³/mol. The molecule has 0 amide bonds. The molecule has 1 N–H and O–H groups in total. The van der Waals surface area contributed by atoms with E-state index in [4.69, 9.17) is 0 Å². The molecule has 18 heavy (non-hydrogen) atoms. The Morgan fingerprint density at radius 3 is 2.61 bits per heavy atom. The number of benzene rings is 1. The highest BCUT2D eigenvalue weighted by Gasteiger charge is 2.38. The largest absolute Gasteiger partial charge is 0.316 e. The normalized spacial score (nSPS) is 29.9. The first-order valence-corrected chi connectivity index (χ1v) is 8.20. The molecule has 2 aliphatic carbocycles. The van der Waals surface area contributed by atoms with Crippen LogP contribution in [0.25, 0.3) is 0 Å². The van der Waals surface area contributed by atoms with E-state index in [0.717, 1.165) is 24.3 Å². The van der Waals surface area contributed by atoms with Crippen molar-refractivity contribution in [2.45, 2.75) is 37.1 Å². The van der Waals surface area contributed by atoms with Gasteiger partial charge >= 0.3 is 0 Å². The van der Waals surface area contributed by atoms with E-state index in [-0.39, 0.29) is 0 Å². The van der Waals surface area contributed by atoms with Crippen molar-refractivity contribution in [2.24, 2.45) is 17.8 Å². The van der Waals surface area contributed by atoms with Crippen molar-refractivity contribution >= 4 is 11.8 Å². The predicted octanol–water partition coefficient (Wildman–Crippen LogP) is 3.93. The topological polar surface area (TPSA) is 12.0 Å². The lowest BCUT2D eigenvalue weighted by Gasteiger charge is -2.21. The van der Waals surface area contributed by atoms with Crippen LogP contribution in [0.4, 0.5) is 0 Å². The first-order valence-electron chi connectivity index (χ1n) is 7.21. The summed E-state index contributed by atoms with van der Waals surface area (Å²) < 4.78 is 0. The average Bonchev–Trinajstić information content (AvgIpc) is 3.00. The standard InChI is InChI=1S/C16H23NS/c1-17-10-12-3-6-16(7-4-12)18-11-15-9-13-2-5-14(15)8-13/h3-4,6-7,13-15,17H,2,5,8-11H2,1H3. The summed E-state index contributed by atoms with van der Waals surface area (Å²) in [5.74, 6) is 4.49. The minimum Gasteiger partial charge on any atom is -0.316 e.